The summed E-state index contributed by atoms with van der Waals surface area (Å²) in [4.78, 5) is 4.58. The van der Waals surface area contributed by atoms with E-state index >= 15 is 0 Å². The lowest BCUT2D eigenvalue weighted by Gasteiger charge is -2.08. The van der Waals surface area contributed by atoms with Gasteiger partial charge in [-0.1, -0.05) is 12.1 Å². The Labute approximate surface area is 128 Å². The molecule has 1 aromatic heterocycles. The van der Waals surface area contributed by atoms with Crippen LogP contribution in [0.3, 0.4) is 0 Å². The quantitative estimate of drug-likeness (QED) is 0.801. The maximum absolute atomic E-state index is 8.86. The minimum Gasteiger partial charge on any atom is -0.497 e. The molecule has 5 nitrogen and oxygen atoms in total. The standard InChI is InChI=1S/C17H16N4O/c1-22-14-6-7-16-15(8-14)20-17(10-19)21(16)11-13-4-2-12(9-18)3-5-13/h2-8H,10-11,19H2,1H3. The fourth-order valence-electron chi connectivity index (χ4n) is 2.49. The molecule has 0 saturated heterocycles. The van der Waals surface area contributed by atoms with Gasteiger partial charge in [0.2, 0.25) is 0 Å². The van der Waals surface area contributed by atoms with Crippen LogP contribution in [-0.4, -0.2) is 16.7 Å². The SMILES string of the molecule is COc1ccc2c(c1)nc(CN)n2Cc1ccc(C#N)cc1. The summed E-state index contributed by atoms with van der Waals surface area (Å²) in [5, 5.41) is 8.86. The molecule has 22 heavy (non-hydrogen) atoms. The van der Waals surface area contributed by atoms with Crippen LogP contribution in [0.25, 0.3) is 11.0 Å². The Bertz CT molecular complexity index is 843. The first-order chi connectivity index (χ1) is 10.7. The molecule has 110 valence electrons. The molecule has 0 fully saturated rings. The fourth-order valence-corrected chi connectivity index (χ4v) is 2.49. The van der Waals surface area contributed by atoms with Crippen molar-refractivity contribution < 1.29 is 4.74 Å². The van der Waals surface area contributed by atoms with Crippen molar-refractivity contribution in [3.8, 4) is 11.8 Å². The number of hydrogen-bond acceptors (Lipinski definition) is 4. The molecule has 0 unspecified atom stereocenters. The predicted molar refractivity (Wildman–Crippen MR) is 84.4 cm³/mol. The normalized spacial score (nSPS) is 10.6. The van der Waals surface area contributed by atoms with E-state index in [1.54, 1.807) is 7.11 Å². The highest BCUT2D eigenvalue weighted by atomic mass is 16.5. The number of fused-ring (bicyclic) bond motifs is 1. The summed E-state index contributed by atoms with van der Waals surface area (Å²) in [5.74, 6) is 1.60. The number of rotatable bonds is 4. The summed E-state index contributed by atoms with van der Waals surface area (Å²) in [6.07, 6.45) is 0. The zero-order valence-corrected chi connectivity index (χ0v) is 12.3. The van der Waals surface area contributed by atoms with E-state index in [0.29, 0.717) is 18.7 Å². The third-order valence-corrected chi connectivity index (χ3v) is 3.64. The van der Waals surface area contributed by atoms with Crippen LogP contribution >= 0.6 is 0 Å². The average molecular weight is 292 g/mol. The van der Waals surface area contributed by atoms with Crippen molar-refractivity contribution in [2.75, 3.05) is 7.11 Å². The van der Waals surface area contributed by atoms with E-state index in [1.807, 2.05) is 42.5 Å². The topological polar surface area (TPSA) is 76.9 Å². The molecule has 3 aromatic rings. The van der Waals surface area contributed by atoms with Gasteiger partial charge in [-0.15, -0.1) is 0 Å². The van der Waals surface area contributed by atoms with Crippen LogP contribution in [-0.2, 0) is 13.1 Å². The van der Waals surface area contributed by atoms with Crippen LogP contribution in [0.4, 0.5) is 0 Å². The molecule has 0 bridgehead atoms. The van der Waals surface area contributed by atoms with Crippen LogP contribution in [0.15, 0.2) is 42.5 Å². The highest BCUT2D eigenvalue weighted by Gasteiger charge is 2.11. The summed E-state index contributed by atoms with van der Waals surface area (Å²) in [6.45, 7) is 1.04. The number of nitriles is 1. The summed E-state index contributed by atoms with van der Waals surface area (Å²) < 4.78 is 7.33. The Morgan fingerprint density at radius 1 is 1.23 bits per heavy atom. The molecular formula is C17H16N4O. The molecule has 0 aliphatic heterocycles. The van der Waals surface area contributed by atoms with E-state index in [-0.39, 0.29) is 0 Å². The Morgan fingerprint density at radius 2 is 2.00 bits per heavy atom. The van der Waals surface area contributed by atoms with Gasteiger partial charge in [0.05, 0.1) is 36.3 Å². The van der Waals surface area contributed by atoms with Crippen molar-refractivity contribution in [3.05, 3.63) is 59.4 Å². The molecule has 0 aliphatic rings. The maximum Gasteiger partial charge on any atom is 0.123 e. The Hall–Kier alpha value is -2.84. The lowest BCUT2D eigenvalue weighted by Crippen LogP contribution is -2.09. The number of benzene rings is 2. The predicted octanol–water partition coefficient (Wildman–Crippen LogP) is 2.42. The highest BCUT2D eigenvalue weighted by molar-refractivity contribution is 5.78. The molecule has 0 spiro atoms. The van der Waals surface area contributed by atoms with Gasteiger partial charge < -0.3 is 15.0 Å². The zero-order chi connectivity index (χ0) is 15.5. The first kappa shape index (κ1) is 14.1. The molecule has 0 atom stereocenters. The third-order valence-electron chi connectivity index (χ3n) is 3.64. The molecular weight excluding hydrogens is 276 g/mol. The number of nitrogens with two attached hydrogens (primary N) is 1. The van der Waals surface area contributed by atoms with Crippen molar-refractivity contribution in [1.29, 1.82) is 5.26 Å². The van der Waals surface area contributed by atoms with E-state index in [4.69, 9.17) is 15.7 Å². The van der Waals surface area contributed by atoms with E-state index < -0.39 is 0 Å². The Kier molecular flexibility index (Phi) is 3.77. The monoisotopic (exact) mass is 292 g/mol. The van der Waals surface area contributed by atoms with Crippen LogP contribution < -0.4 is 10.5 Å². The van der Waals surface area contributed by atoms with Gasteiger partial charge in [0, 0.05) is 12.6 Å². The lowest BCUT2D eigenvalue weighted by atomic mass is 10.1. The smallest absolute Gasteiger partial charge is 0.123 e. The lowest BCUT2D eigenvalue weighted by molar-refractivity contribution is 0.415. The van der Waals surface area contributed by atoms with E-state index in [1.165, 1.54) is 0 Å². The highest BCUT2D eigenvalue weighted by Crippen LogP contribution is 2.23. The van der Waals surface area contributed by atoms with Crippen molar-refractivity contribution in [2.45, 2.75) is 13.1 Å². The maximum atomic E-state index is 8.86. The van der Waals surface area contributed by atoms with Crippen molar-refractivity contribution in [2.24, 2.45) is 5.73 Å². The molecule has 3 rings (SSSR count). The summed E-state index contributed by atoms with van der Waals surface area (Å²) in [7, 11) is 1.64. The van der Waals surface area contributed by atoms with Crippen LogP contribution in [0.2, 0.25) is 0 Å². The number of nitrogens with zero attached hydrogens (tertiary/aromatic N) is 3. The first-order valence-corrected chi connectivity index (χ1v) is 6.97. The number of imidazole rings is 1. The van der Waals surface area contributed by atoms with Gasteiger partial charge in [-0.3, -0.25) is 0 Å². The molecule has 0 amide bonds. The van der Waals surface area contributed by atoms with Crippen LogP contribution in [0.1, 0.15) is 17.0 Å². The van der Waals surface area contributed by atoms with Gasteiger partial charge in [0.1, 0.15) is 11.6 Å². The second-order valence-corrected chi connectivity index (χ2v) is 4.98. The number of ether oxygens (including phenoxy) is 1. The van der Waals surface area contributed by atoms with Gasteiger partial charge in [0.15, 0.2) is 0 Å². The first-order valence-electron chi connectivity index (χ1n) is 6.97. The van der Waals surface area contributed by atoms with Crippen LogP contribution in [0.5, 0.6) is 5.75 Å². The number of aromatic nitrogens is 2. The minimum atomic E-state index is 0.368. The third kappa shape index (κ3) is 2.52. The number of methoxy groups -OCH3 is 1. The average Bonchev–Trinajstić information content (AvgIpc) is 2.92. The van der Waals surface area contributed by atoms with Gasteiger partial charge in [-0.2, -0.15) is 5.26 Å². The second kappa shape index (κ2) is 5.88. The van der Waals surface area contributed by atoms with E-state index in [9.17, 15) is 0 Å². The summed E-state index contributed by atoms with van der Waals surface area (Å²) in [5.41, 5.74) is 9.47. The van der Waals surface area contributed by atoms with E-state index in [2.05, 4.69) is 15.6 Å². The number of hydrogen-bond donors (Lipinski definition) is 1. The second-order valence-electron chi connectivity index (χ2n) is 4.98. The molecule has 0 aliphatic carbocycles. The van der Waals surface area contributed by atoms with Gasteiger partial charge in [-0.05, 0) is 29.8 Å². The van der Waals surface area contributed by atoms with Gasteiger partial charge in [-0.25, -0.2) is 4.98 Å². The van der Waals surface area contributed by atoms with E-state index in [0.717, 1.165) is 28.2 Å². The largest absolute Gasteiger partial charge is 0.497 e. The van der Waals surface area contributed by atoms with Crippen LogP contribution in [0, 0.1) is 11.3 Å². The molecule has 0 saturated carbocycles. The molecule has 2 aromatic carbocycles. The molecule has 2 N–H and O–H groups in total. The summed E-state index contributed by atoms with van der Waals surface area (Å²) in [6, 6.07) is 15.5. The van der Waals surface area contributed by atoms with Crippen molar-refractivity contribution >= 4 is 11.0 Å². The summed E-state index contributed by atoms with van der Waals surface area (Å²) >= 11 is 0. The minimum absolute atomic E-state index is 0.368. The van der Waals surface area contributed by atoms with Crippen molar-refractivity contribution in [1.82, 2.24) is 9.55 Å². The van der Waals surface area contributed by atoms with Gasteiger partial charge >= 0.3 is 0 Å². The fraction of sp³-hybridized carbons (Fsp3) is 0.176. The Balaban J connectivity index is 2.02. The zero-order valence-electron chi connectivity index (χ0n) is 12.3. The van der Waals surface area contributed by atoms with Crippen molar-refractivity contribution in [3.63, 3.8) is 0 Å². The van der Waals surface area contributed by atoms with Gasteiger partial charge in [0.25, 0.3) is 0 Å². The Morgan fingerprint density at radius 3 is 2.64 bits per heavy atom. The molecule has 5 heteroatoms. The molecule has 1 heterocycles. The molecule has 0 radical (unpaired) electrons.